The van der Waals surface area contributed by atoms with E-state index in [1.54, 1.807) is 30.3 Å². The number of carbonyl (C=O) groups is 2. The van der Waals surface area contributed by atoms with Crippen molar-refractivity contribution >= 4 is 29.1 Å². The number of benzene rings is 2. The van der Waals surface area contributed by atoms with E-state index in [0.717, 1.165) is 5.56 Å². The second-order valence-corrected chi connectivity index (χ2v) is 6.12. The molecule has 1 N–H and O–H groups in total. The lowest BCUT2D eigenvalue weighted by atomic mass is 10.1. The first kappa shape index (κ1) is 19.7. The molecule has 0 heterocycles. The smallest absolute Gasteiger partial charge is 0.243 e. The lowest BCUT2D eigenvalue weighted by molar-refractivity contribution is -0.132. The molecule has 0 unspecified atom stereocenters. The first-order chi connectivity index (χ1) is 12.4. The first-order valence-corrected chi connectivity index (χ1v) is 8.40. The number of hydrogen-bond donors (Lipinski definition) is 1. The van der Waals surface area contributed by atoms with Gasteiger partial charge in [-0.15, -0.1) is 0 Å². The summed E-state index contributed by atoms with van der Waals surface area (Å²) >= 11 is 6.03. The van der Waals surface area contributed by atoms with Crippen LogP contribution in [-0.2, 0) is 16.0 Å². The number of nitrogens with zero attached hydrogens (tertiary/aromatic N) is 1. The van der Waals surface area contributed by atoms with Gasteiger partial charge in [-0.1, -0.05) is 23.7 Å². The number of methoxy groups -OCH3 is 1. The van der Waals surface area contributed by atoms with Gasteiger partial charge in [-0.2, -0.15) is 0 Å². The van der Waals surface area contributed by atoms with Gasteiger partial charge in [-0.25, -0.2) is 4.39 Å². The summed E-state index contributed by atoms with van der Waals surface area (Å²) in [4.78, 5) is 25.4. The summed E-state index contributed by atoms with van der Waals surface area (Å²) in [5.74, 6) is -0.348. The molecular weight excluding hydrogens is 359 g/mol. The second-order valence-electron chi connectivity index (χ2n) is 5.71. The van der Waals surface area contributed by atoms with E-state index in [4.69, 9.17) is 16.3 Å². The summed E-state index contributed by atoms with van der Waals surface area (Å²) in [6.45, 7) is 1.68. The van der Waals surface area contributed by atoms with E-state index in [1.165, 1.54) is 31.1 Å². The van der Waals surface area contributed by atoms with Crippen LogP contribution in [0.15, 0.2) is 42.5 Å². The van der Waals surface area contributed by atoms with Gasteiger partial charge in [-0.05, 0) is 42.3 Å². The summed E-state index contributed by atoms with van der Waals surface area (Å²) in [5, 5.41) is 3.08. The van der Waals surface area contributed by atoms with Gasteiger partial charge in [0.25, 0.3) is 0 Å². The zero-order valence-corrected chi connectivity index (χ0v) is 15.3. The number of ether oxygens (including phenoxy) is 1. The maximum Gasteiger partial charge on any atom is 0.243 e. The molecule has 0 bridgehead atoms. The van der Waals surface area contributed by atoms with Crippen LogP contribution in [0.25, 0.3) is 0 Å². The van der Waals surface area contributed by atoms with Crippen LogP contribution in [0.5, 0.6) is 5.75 Å². The van der Waals surface area contributed by atoms with Gasteiger partial charge >= 0.3 is 0 Å². The van der Waals surface area contributed by atoms with Gasteiger partial charge in [0.15, 0.2) is 0 Å². The average molecular weight is 379 g/mol. The Labute approximate surface area is 156 Å². The van der Waals surface area contributed by atoms with Gasteiger partial charge < -0.3 is 15.0 Å². The Balaban J connectivity index is 1.93. The summed E-state index contributed by atoms with van der Waals surface area (Å²) in [6.07, 6.45) is 0.529. The molecule has 0 aliphatic heterocycles. The van der Waals surface area contributed by atoms with Gasteiger partial charge in [0.05, 0.1) is 18.7 Å². The van der Waals surface area contributed by atoms with Crippen molar-refractivity contribution in [3.8, 4) is 5.75 Å². The van der Waals surface area contributed by atoms with E-state index in [2.05, 4.69) is 5.32 Å². The average Bonchev–Trinajstić information content (AvgIpc) is 2.60. The van der Waals surface area contributed by atoms with Crippen molar-refractivity contribution in [2.24, 2.45) is 0 Å². The molecule has 2 aromatic rings. The van der Waals surface area contributed by atoms with Crippen molar-refractivity contribution in [3.05, 3.63) is 58.9 Å². The Kier molecular flexibility index (Phi) is 6.97. The molecule has 0 aliphatic rings. The summed E-state index contributed by atoms with van der Waals surface area (Å²) in [5.41, 5.74) is 1.41. The Bertz CT molecular complexity index is 781. The van der Waals surface area contributed by atoms with Crippen LogP contribution < -0.4 is 10.1 Å². The molecule has 2 rings (SSSR count). The third kappa shape index (κ3) is 5.74. The third-order valence-corrected chi connectivity index (χ3v) is 4.09. The molecule has 138 valence electrons. The van der Waals surface area contributed by atoms with E-state index in [1.807, 2.05) is 0 Å². The van der Waals surface area contributed by atoms with Gasteiger partial charge in [0.1, 0.15) is 11.6 Å². The predicted octanol–water partition coefficient (Wildman–Crippen LogP) is 3.52. The molecule has 7 heteroatoms. The molecule has 5 nitrogen and oxygen atoms in total. The molecule has 0 spiro atoms. The molecule has 0 saturated heterocycles. The minimum absolute atomic E-state index is 0.0832. The molecule has 0 fully saturated rings. The normalized spacial score (nSPS) is 10.3. The lowest BCUT2D eigenvalue weighted by Crippen LogP contribution is -2.38. The van der Waals surface area contributed by atoms with Gasteiger partial charge in [0.2, 0.25) is 11.8 Å². The van der Waals surface area contributed by atoms with Crippen molar-refractivity contribution in [2.75, 3.05) is 25.5 Å². The molecule has 0 atom stereocenters. The largest absolute Gasteiger partial charge is 0.495 e. The fraction of sp³-hybridized carbons (Fsp3) is 0.263. The topological polar surface area (TPSA) is 58.6 Å². The number of anilines is 1. The van der Waals surface area contributed by atoms with Crippen molar-refractivity contribution in [3.63, 3.8) is 0 Å². The van der Waals surface area contributed by atoms with Crippen LogP contribution in [-0.4, -0.2) is 36.9 Å². The van der Waals surface area contributed by atoms with Crippen molar-refractivity contribution in [1.29, 1.82) is 0 Å². The van der Waals surface area contributed by atoms with E-state index >= 15 is 0 Å². The Morgan fingerprint density at radius 3 is 2.46 bits per heavy atom. The number of carbonyl (C=O) groups excluding carboxylic acids is 2. The number of nitrogens with one attached hydrogen (secondary N) is 1. The Morgan fingerprint density at radius 1 is 1.19 bits per heavy atom. The third-order valence-electron chi connectivity index (χ3n) is 3.80. The molecule has 0 saturated carbocycles. The summed E-state index contributed by atoms with van der Waals surface area (Å²) in [7, 11) is 1.51. The lowest BCUT2D eigenvalue weighted by Gasteiger charge is -2.20. The maximum atomic E-state index is 12.9. The standard InChI is InChI=1S/C19H20ClFN2O3/c1-13(24)23(10-9-14-3-5-15(21)6-4-14)12-19(25)22-16-7-8-18(26-2)17(20)11-16/h3-8,11H,9-10,12H2,1-2H3,(H,22,25). The predicted molar refractivity (Wildman–Crippen MR) is 99.0 cm³/mol. The molecule has 2 aromatic carbocycles. The zero-order chi connectivity index (χ0) is 19.1. The fourth-order valence-electron chi connectivity index (χ4n) is 2.38. The van der Waals surface area contributed by atoms with Crippen LogP contribution in [0.2, 0.25) is 5.02 Å². The SMILES string of the molecule is COc1ccc(NC(=O)CN(CCc2ccc(F)cc2)C(C)=O)cc1Cl. The molecule has 26 heavy (non-hydrogen) atoms. The van der Waals surface area contributed by atoms with E-state index in [0.29, 0.717) is 29.4 Å². The van der Waals surface area contributed by atoms with E-state index in [9.17, 15) is 14.0 Å². The minimum atomic E-state index is -0.333. The molecule has 2 amide bonds. The van der Waals surface area contributed by atoms with Crippen LogP contribution >= 0.6 is 11.6 Å². The highest BCUT2D eigenvalue weighted by atomic mass is 35.5. The highest BCUT2D eigenvalue weighted by Crippen LogP contribution is 2.27. The first-order valence-electron chi connectivity index (χ1n) is 8.02. The molecule has 0 aromatic heterocycles. The second kappa shape index (κ2) is 9.20. The Morgan fingerprint density at radius 2 is 1.88 bits per heavy atom. The number of rotatable bonds is 7. The van der Waals surface area contributed by atoms with Gasteiger partial charge in [0, 0.05) is 19.2 Å². The molecular formula is C19H20ClFN2O3. The van der Waals surface area contributed by atoms with E-state index < -0.39 is 0 Å². The van der Waals surface area contributed by atoms with Crippen LogP contribution in [0, 0.1) is 5.82 Å². The van der Waals surface area contributed by atoms with Crippen molar-refractivity contribution < 1.29 is 18.7 Å². The minimum Gasteiger partial charge on any atom is -0.495 e. The van der Waals surface area contributed by atoms with Crippen LogP contribution in [0.4, 0.5) is 10.1 Å². The maximum absolute atomic E-state index is 12.9. The Hall–Kier alpha value is -2.60. The quantitative estimate of drug-likeness (QED) is 0.802. The van der Waals surface area contributed by atoms with E-state index in [-0.39, 0.29) is 24.2 Å². The zero-order valence-electron chi connectivity index (χ0n) is 14.6. The number of amides is 2. The fourth-order valence-corrected chi connectivity index (χ4v) is 2.64. The van der Waals surface area contributed by atoms with Crippen molar-refractivity contribution in [2.45, 2.75) is 13.3 Å². The molecule has 0 radical (unpaired) electrons. The summed E-state index contributed by atoms with van der Waals surface area (Å²) in [6, 6.07) is 10.9. The number of halogens is 2. The molecule has 0 aliphatic carbocycles. The van der Waals surface area contributed by atoms with Crippen LogP contribution in [0.3, 0.4) is 0 Å². The highest BCUT2D eigenvalue weighted by molar-refractivity contribution is 6.32. The van der Waals surface area contributed by atoms with Gasteiger partial charge in [-0.3, -0.25) is 9.59 Å². The van der Waals surface area contributed by atoms with Crippen LogP contribution in [0.1, 0.15) is 12.5 Å². The monoisotopic (exact) mass is 378 g/mol. The highest BCUT2D eigenvalue weighted by Gasteiger charge is 2.14. The number of hydrogen-bond acceptors (Lipinski definition) is 3. The van der Waals surface area contributed by atoms with Crippen molar-refractivity contribution in [1.82, 2.24) is 4.90 Å². The summed E-state index contributed by atoms with van der Waals surface area (Å²) < 4.78 is 18.0.